The lowest BCUT2D eigenvalue weighted by atomic mass is 9.87. The smallest absolute Gasteiger partial charge is 0.293 e. The normalized spacial score (nSPS) is 23.1. The topological polar surface area (TPSA) is 63.4 Å². The number of amides is 1. The lowest BCUT2D eigenvalue weighted by molar-refractivity contribution is 0.0623. The van der Waals surface area contributed by atoms with Crippen molar-refractivity contribution in [2.45, 2.75) is 71.3 Å². The van der Waals surface area contributed by atoms with Crippen LogP contribution in [0, 0.1) is 6.92 Å². The van der Waals surface area contributed by atoms with Crippen LogP contribution < -0.4 is 0 Å². The standard InChI is InChI=1S/C20H25N5OS/c1-11-7-6-9-14-15(11)16-18-22-17(20(26)24-10-5-4-8-12(24)2)23-25(18)13(3)21-19(16)27-14/h11-12H,4-10H2,1-3H3/t11-,12+/m1/s1. The first-order chi connectivity index (χ1) is 13.0. The number of hydrogen-bond acceptors (Lipinski definition) is 5. The van der Waals surface area contributed by atoms with Gasteiger partial charge in [0, 0.05) is 17.5 Å². The average molecular weight is 384 g/mol. The van der Waals surface area contributed by atoms with Gasteiger partial charge >= 0.3 is 0 Å². The summed E-state index contributed by atoms with van der Waals surface area (Å²) in [6.45, 7) is 7.15. The molecule has 6 nitrogen and oxygen atoms in total. The van der Waals surface area contributed by atoms with E-state index in [2.05, 4.69) is 18.9 Å². The maximum Gasteiger partial charge on any atom is 0.293 e. The van der Waals surface area contributed by atoms with Gasteiger partial charge in [0.2, 0.25) is 5.82 Å². The van der Waals surface area contributed by atoms with E-state index in [0.717, 1.165) is 47.5 Å². The molecule has 3 aromatic rings. The van der Waals surface area contributed by atoms with Crippen molar-refractivity contribution < 1.29 is 4.79 Å². The largest absolute Gasteiger partial charge is 0.333 e. The second-order valence-corrected chi connectivity index (χ2v) is 9.17. The number of aryl methyl sites for hydroxylation is 2. The minimum Gasteiger partial charge on any atom is -0.333 e. The summed E-state index contributed by atoms with van der Waals surface area (Å²) in [4.78, 5) is 27.0. The molecule has 0 bridgehead atoms. The molecule has 0 spiro atoms. The fourth-order valence-electron chi connectivity index (χ4n) is 4.70. The highest BCUT2D eigenvalue weighted by molar-refractivity contribution is 7.19. The van der Waals surface area contributed by atoms with Crippen molar-refractivity contribution in [2.24, 2.45) is 0 Å². The number of aromatic nitrogens is 4. The Bertz CT molecular complexity index is 1050. The third-order valence-electron chi connectivity index (χ3n) is 6.19. The van der Waals surface area contributed by atoms with Crippen LogP contribution in [0.15, 0.2) is 0 Å². The van der Waals surface area contributed by atoms with Crippen molar-refractivity contribution in [3.63, 3.8) is 0 Å². The molecule has 4 heterocycles. The van der Waals surface area contributed by atoms with E-state index in [0.29, 0.717) is 11.7 Å². The summed E-state index contributed by atoms with van der Waals surface area (Å²) in [5.74, 6) is 1.57. The summed E-state index contributed by atoms with van der Waals surface area (Å²) < 4.78 is 1.78. The number of fused-ring (bicyclic) bond motifs is 5. The van der Waals surface area contributed by atoms with Crippen LogP contribution >= 0.6 is 11.3 Å². The Morgan fingerprint density at radius 2 is 2.00 bits per heavy atom. The molecule has 1 aliphatic carbocycles. The maximum atomic E-state index is 13.1. The van der Waals surface area contributed by atoms with Crippen LogP contribution in [0.5, 0.6) is 0 Å². The van der Waals surface area contributed by atoms with Crippen molar-refractivity contribution in [1.29, 1.82) is 0 Å². The molecule has 0 N–H and O–H groups in total. The van der Waals surface area contributed by atoms with Gasteiger partial charge in [0.25, 0.3) is 5.91 Å². The van der Waals surface area contributed by atoms with Gasteiger partial charge in [0.15, 0.2) is 5.65 Å². The highest BCUT2D eigenvalue weighted by Crippen LogP contribution is 2.42. The van der Waals surface area contributed by atoms with Gasteiger partial charge in [0.05, 0.1) is 5.39 Å². The third-order valence-corrected chi connectivity index (χ3v) is 7.35. The van der Waals surface area contributed by atoms with Crippen molar-refractivity contribution in [3.05, 3.63) is 22.1 Å². The minimum atomic E-state index is -0.0457. The number of carbonyl (C=O) groups excluding carboxylic acids is 1. The predicted octanol–water partition coefficient (Wildman–Crippen LogP) is 4.10. The molecular weight excluding hydrogens is 358 g/mol. The SMILES string of the molecule is Cc1nc2sc3c(c2c2nc(C(=O)N4CCCC[C@@H]4C)nn12)[C@H](C)CCC3. The second-order valence-electron chi connectivity index (χ2n) is 8.09. The van der Waals surface area contributed by atoms with Crippen LogP contribution in [0.3, 0.4) is 0 Å². The minimum absolute atomic E-state index is 0.0457. The van der Waals surface area contributed by atoms with Crippen LogP contribution in [0.2, 0.25) is 0 Å². The summed E-state index contributed by atoms with van der Waals surface area (Å²) in [6, 6.07) is 0.256. The highest BCUT2D eigenvalue weighted by atomic mass is 32.1. The molecule has 1 saturated heterocycles. The third kappa shape index (κ3) is 2.58. The first kappa shape index (κ1) is 17.1. The summed E-state index contributed by atoms with van der Waals surface area (Å²) >= 11 is 1.79. The molecule has 7 heteroatoms. The molecule has 2 aliphatic rings. The van der Waals surface area contributed by atoms with Crippen LogP contribution in [0.1, 0.15) is 78.8 Å². The van der Waals surface area contributed by atoms with E-state index in [1.807, 2.05) is 11.8 Å². The van der Waals surface area contributed by atoms with Crippen LogP contribution in [-0.2, 0) is 6.42 Å². The molecule has 0 unspecified atom stereocenters. The van der Waals surface area contributed by atoms with Crippen molar-refractivity contribution in [3.8, 4) is 0 Å². The van der Waals surface area contributed by atoms with Crippen molar-refractivity contribution in [1.82, 2.24) is 24.5 Å². The Hall–Kier alpha value is -2.02. The number of nitrogens with zero attached hydrogens (tertiary/aromatic N) is 5. The Morgan fingerprint density at radius 1 is 1.15 bits per heavy atom. The van der Waals surface area contributed by atoms with Gasteiger partial charge < -0.3 is 4.90 Å². The number of likely N-dealkylation sites (tertiary alicyclic amines) is 1. The Labute approximate surface area is 162 Å². The first-order valence-corrected chi connectivity index (χ1v) is 10.9. The zero-order valence-corrected chi connectivity index (χ0v) is 17.0. The molecule has 0 radical (unpaired) electrons. The van der Waals surface area contributed by atoms with E-state index in [1.165, 1.54) is 29.7 Å². The number of thiophene rings is 1. The summed E-state index contributed by atoms with van der Waals surface area (Å²) in [5.41, 5.74) is 2.19. The predicted molar refractivity (Wildman–Crippen MR) is 107 cm³/mol. The second kappa shape index (κ2) is 6.26. The molecule has 1 amide bonds. The molecule has 2 atom stereocenters. The number of rotatable bonds is 1. The maximum absolute atomic E-state index is 13.1. The van der Waals surface area contributed by atoms with Gasteiger partial charge in [0.1, 0.15) is 10.7 Å². The van der Waals surface area contributed by atoms with E-state index < -0.39 is 0 Å². The van der Waals surface area contributed by atoms with Gasteiger partial charge in [-0.15, -0.1) is 16.4 Å². The Morgan fingerprint density at radius 3 is 2.81 bits per heavy atom. The van der Waals surface area contributed by atoms with E-state index in [4.69, 9.17) is 9.97 Å². The van der Waals surface area contributed by atoms with E-state index >= 15 is 0 Å². The monoisotopic (exact) mass is 383 g/mol. The van der Waals surface area contributed by atoms with E-state index in [-0.39, 0.29) is 11.9 Å². The first-order valence-electron chi connectivity index (χ1n) is 10.0. The van der Waals surface area contributed by atoms with Crippen molar-refractivity contribution >= 4 is 33.1 Å². The van der Waals surface area contributed by atoms with E-state index in [1.54, 1.807) is 15.9 Å². The molecule has 142 valence electrons. The Kier molecular flexibility index (Phi) is 3.96. The van der Waals surface area contributed by atoms with Gasteiger partial charge in [-0.05, 0) is 63.9 Å². The summed E-state index contributed by atoms with van der Waals surface area (Å²) in [6.07, 6.45) is 6.86. The average Bonchev–Trinajstić information content (AvgIpc) is 3.24. The van der Waals surface area contributed by atoms with Gasteiger partial charge in [-0.25, -0.2) is 9.97 Å². The summed E-state index contributed by atoms with van der Waals surface area (Å²) in [7, 11) is 0. The number of carbonyl (C=O) groups is 1. The molecule has 3 aromatic heterocycles. The van der Waals surface area contributed by atoms with Crippen molar-refractivity contribution in [2.75, 3.05) is 6.54 Å². The van der Waals surface area contributed by atoms with Gasteiger partial charge in [-0.3, -0.25) is 4.79 Å². The number of piperidine rings is 1. The van der Waals surface area contributed by atoms with Crippen LogP contribution in [0.25, 0.3) is 15.9 Å². The Balaban J connectivity index is 1.68. The summed E-state index contributed by atoms with van der Waals surface area (Å²) in [5, 5.41) is 5.70. The van der Waals surface area contributed by atoms with Crippen LogP contribution in [-0.4, -0.2) is 43.0 Å². The molecule has 0 saturated carbocycles. The molecule has 0 aromatic carbocycles. The molecule has 1 aliphatic heterocycles. The lowest BCUT2D eigenvalue weighted by Crippen LogP contribution is -2.42. The molecule has 27 heavy (non-hydrogen) atoms. The number of hydrogen-bond donors (Lipinski definition) is 0. The molecule has 5 rings (SSSR count). The molecular formula is C20H25N5OS. The zero-order valence-electron chi connectivity index (χ0n) is 16.2. The van der Waals surface area contributed by atoms with Gasteiger partial charge in [-0.1, -0.05) is 6.92 Å². The van der Waals surface area contributed by atoms with Gasteiger partial charge in [-0.2, -0.15) is 4.52 Å². The highest BCUT2D eigenvalue weighted by Gasteiger charge is 2.30. The zero-order chi connectivity index (χ0) is 18.7. The quantitative estimate of drug-likeness (QED) is 0.635. The van der Waals surface area contributed by atoms with E-state index in [9.17, 15) is 4.79 Å². The fourth-order valence-corrected chi connectivity index (χ4v) is 6.08. The molecule has 1 fully saturated rings. The lowest BCUT2D eigenvalue weighted by Gasteiger charge is -2.32. The fraction of sp³-hybridized carbons (Fsp3) is 0.600. The van der Waals surface area contributed by atoms with Crippen LogP contribution in [0.4, 0.5) is 0 Å².